The van der Waals surface area contributed by atoms with E-state index in [2.05, 4.69) is 10.1 Å². The van der Waals surface area contributed by atoms with Gasteiger partial charge < -0.3 is 0 Å². The molecule has 3 aromatic rings. The molecule has 0 spiro atoms. The maximum Gasteiger partial charge on any atom is 0.261 e. The van der Waals surface area contributed by atoms with Gasteiger partial charge in [-0.2, -0.15) is 5.10 Å². The maximum absolute atomic E-state index is 12.3. The van der Waals surface area contributed by atoms with Crippen molar-refractivity contribution in [3.8, 4) is 0 Å². The average Bonchev–Trinajstić information content (AvgIpc) is 3.10. The normalized spacial score (nSPS) is 14.1. The van der Waals surface area contributed by atoms with Crippen LogP contribution in [0.15, 0.2) is 30.5 Å². The van der Waals surface area contributed by atoms with Gasteiger partial charge in [0.05, 0.1) is 23.0 Å². The van der Waals surface area contributed by atoms with Crippen LogP contribution in [0.1, 0.15) is 31.4 Å². The highest BCUT2D eigenvalue weighted by Crippen LogP contribution is 2.23. The molecular weight excluding hydrogens is 300 g/mol. The van der Waals surface area contributed by atoms with Crippen LogP contribution in [0, 0.1) is 6.92 Å². The van der Waals surface area contributed by atoms with Crippen molar-refractivity contribution in [1.29, 1.82) is 0 Å². The fourth-order valence-electron chi connectivity index (χ4n) is 2.60. The predicted molar refractivity (Wildman–Crippen MR) is 81.1 cm³/mol. The Morgan fingerprint density at radius 1 is 1.14 bits per heavy atom. The highest BCUT2D eigenvalue weighted by atomic mass is 32.1. The molecule has 6 nitrogen and oxygen atoms in total. The summed E-state index contributed by atoms with van der Waals surface area (Å²) in [7, 11) is 0. The highest BCUT2D eigenvalue weighted by Gasteiger charge is 2.34. The molecule has 0 atom stereocenters. The van der Waals surface area contributed by atoms with Crippen LogP contribution in [-0.4, -0.2) is 37.9 Å². The van der Waals surface area contributed by atoms with Crippen LogP contribution in [0.3, 0.4) is 0 Å². The van der Waals surface area contributed by atoms with Crippen molar-refractivity contribution in [1.82, 2.24) is 19.5 Å². The third kappa shape index (κ3) is 1.93. The van der Waals surface area contributed by atoms with Gasteiger partial charge in [-0.15, -0.1) is 0 Å². The number of carbonyl (C=O) groups excluding carboxylic acids is 2. The van der Waals surface area contributed by atoms with E-state index >= 15 is 0 Å². The lowest BCUT2D eigenvalue weighted by molar-refractivity contribution is 0.0656. The summed E-state index contributed by atoms with van der Waals surface area (Å²) in [5, 5.41) is 5.28. The number of hydrogen-bond donors (Lipinski definition) is 0. The fraction of sp³-hybridized carbons (Fsp3) is 0.200. The lowest BCUT2D eigenvalue weighted by Crippen LogP contribution is -2.31. The Morgan fingerprint density at radius 3 is 2.45 bits per heavy atom. The highest BCUT2D eigenvalue weighted by molar-refractivity contribution is 7.16. The number of amides is 2. The number of fused-ring (bicyclic) bond motifs is 2. The third-order valence-corrected chi connectivity index (χ3v) is 4.62. The topological polar surface area (TPSA) is 67.6 Å². The Hall–Kier alpha value is -2.54. The summed E-state index contributed by atoms with van der Waals surface area (Å²) < 4.78 is 1.73. The number of imidazole rings is 1. The van der Waals surface area contributed by atoms with Crippen molar-refractivity contribution in [3.63, 3.8) is 0 Å². The lowest BCUT2D eigenvalue weighted by atomic mass is 10.1. The summed E-state index contributed by atoms with van der Waals surface area (Å²) >= 11 is 1.48. The van der Waals surface area contributed by atoms with Crippen molar-refractivity contribution < 1.29 is 9.59 Å². The molecule has 2 amide bonds. The van der Waals surface area contributed by atoms with Gasteiger partial charge in [0.2, 0.25) is 4.96 Å². The van der Waals surface area contributed by atoms with Crippen molar-refractivity contribution in [2.75, 3.05) is 6.54 Å². The summed E-state index contributed by atoms with van der Waals surface area (Å²) in [6, 6.07) is 6.92. The molecule has 4 rings (SSSR count). The molecule has 22 heavy (non-hydrogen) atoms. The molecule has 0 fully saturated rings. The van der Waals surface area contributed by atoms with Crippen LogP contribution in [-0.2, 0) is 6.42 Å². The molecule has 0 N–H and O–H groups in total. The molecule has 0 saturated carbocycles. The van der Waals surface area contributed by atoms with E-state index in [1.54, 1.807) is 28.8 Å². The van der Waals surface area contributed by atoms with E-state index in [9.17, 15) is 9.59 Å². The lowest BCUT2D eigenvalue weighted by Gasteiger charge is -2.12. The molecular formula is C15H12N4O2S. The Kier molecular flexibility index (Phi) is 2.83. The van der Waals surface area contributed by atoms with Gasteiger partial charge in [0.25, 0.3) is 11.8 Å². The number of nitrogens with zero attached hydrogens (tertiary/aromatic N) is 4. The van der Waals surface area contributed by atoms with Crippen molar-refractivity contribution in [2.24, 2.45) is 0 Å². The standard InChI is InChI=1S/C15H12N4O2S/c1-9-8-19-15(16-9)22-12(17-19)6-7-18-13(20)10-4-2-3-5-11(10)14(18)21/h2-5,8H,6-7H2,1H3. The minimum Gasteiger partial charge on any atom is -0.274 e. The van der Waals surface area contributed by atoms with Gasteiger partial charge in [0.15, 0.2) is 0 Å². The van der Waals surface area contributed by atoms with Gasteiger partial charge in [0.1, 0.15) is 5.01 Å². The second kappa shape index (κ2) is 4.74. The molecule has 0 unspecified atom stereocenters. The smallest absolute Gasteiger partial charge is 0.261 e. The van der Waals surface area contributed by atoms with Gasteiger partial charge in [-0.05, 0) is 19.1 Å². The first kappa shape index (κ1) is 13.1. The zero-order valence-corrected chi connectivity index (χ0v) is 12.6. The van der Waals surface area contributed by atoms with E-state index in [1.807, 2.05) is 13.1 Å². The van der Waals surface area contributed by atoms with Gasteiger partial charge in [-0.25, -0.2) is 9.50 Å². The van der Waals surface area contributed by atoms with Crippen molar-refractivity contribution >= 4 is 28.1 Å². The second-order valence-corrected chi connectivity index (χ2v) is 6.20. The first-order valence-electron chi connectivity index (χ1n) is 6.90. The van der Waals surface area contributed by atoms with Crippen molar-refractivity contribution in [3.05, 3.63) is 52.3 Å². The van der Waals surface area contributed by atoms with E-state index in [4.69, 9.17) is 0 Å². The zero-order valence-electron chi connectivity index (χ0n) is 11.8. The minimum absolute atomic E-state index is 0.224. The van der Waals surface area contributed by atoms with Crippen LogP contribution in [0.4, 0.5) is 0 Å². The van der Waals surface area contributed by atoms with Gasteiger partial charge in [-0.1, -0.05) is 23.5 Å². The molecule has 0 radical (unpaired) electrons. The molecule has 110 valence electrons. The number of rotatable bonds is 3. The van der Waals surface area contributed by atoms with Crippen molar-refractivity contribution in [2.45, 2.75) is 13.3 Å². The van der Waals surface area contributed by atoms with Gasteiger partial charge >= 0.3 is 0 Å². The Labute approximate surface area is 130 Å². The molecule has 0 saturated heterocycles. The molecule has 0 bridgehead atoms. The molecule has 1 aliphatic rings. The predicted octanol–water partition coefficient (Wildman–Crippen LogP) is 1.94. The first-order valence-corrected chi connectivity index (χ1v) is 7.72. The quantitative estimate of drug-likeness (QED) is 0.693. The monoisotopic (exact) mass is 312 g/mol. The minimum atomic E-state index is -0.224. The Bertz CT molecular complexity index is 845. The summed E-state index contributed by atoms with van der Waals surface area (Å²) in [5.41, 5.74) is 1.89. The largest absolute Gasteiger partial charge is 0.274 e. The number of aromatic nitrogens is 3. The number of carbonyl (C=O) groups is 2. The first-order chi connectivity index (χ1) is 10.6. The van der Waals surface area contributed by atoms with Crippen LogP contribution in [0.25, 0.3) is 4.96 Å². The average molecular weight is 312 g/mol. The Morgan fingerprint density at radius 2 is 1.82 bits per heavy atom. The van der Waals surface area contributed by atoms with E-state index in [0.29, 0.717) is 24.1 Å². The molecule has 3 heterocycles. The summed E-state index contributed by atoms with van der Waals surface area (Å²) in [5.74, 6) is -0.449. The van der Waals surface area contributed by atoms with Crippen LogP contribution < -0.4 is 0 Å². The van der Waals surface area contributed by atoms with E-state index in [-0.39, 0.29) is 11.8 Å². The maximum atomic E-state index is 12.3. The Balaban J connectivity index is 1.53. The molecule has 1 aromatic carbocycles. The third-order valence-electron chi connectivity index (χ3n) is 3.63. The molecule has 0 aliphatic carbocycles. The second-order valence-electron chi connectivity index (χ2n) is 5.16. The fourth-order valence-corrected chi connectivity index (χ4v) is 3.51. The molecule has 7 heteroatoms. The summed E-state index contributed by atoms with van der Waals surface area (Å²) in [6.07, 6.45) is 2.40. The summed E-state index contributed by atoms with van der Waals surface area (Å²) in [4.78, 5) is 31.0. The zero-order chi connectivity index (χ0) is 15.3. The van der Waals surface area contributed by atoms with E-state index in [1.165, 1.54) is 16.2 Å². The van der Waals surface area contributed by atoms with Crippen LogP contribution >= 0.6 is 11.3 Å². The summed E-state index contributed by atoms with van der Waals surface area (Å²) in [6.45, 7) is 2.25. The number of benzene rings is 1. The number of aryl methyl sites for hydroxylation is 1. The number of imide groups is 1. The number of hydrogen-bond acceptors (Lipinski definition) is 5. The van der Waals surface area contributed by atoms with Gasteiger partial charge in [-0.3, -0.25) is 14.5 Å². The van der Waals surface area contributed by atoms with Crippen LogP contribution in [0.2, 0.25) is 0 Å². The molecule has 1 aliphatic heterocycles. The SMILES string of the molecule is Cc1cn2nc(CCN3C(=O)c4ccccc4C3=O)sc2n1. The van der Waals surface area contributed by atoms with E-state index in [0.717, 1.165) is 15.7 Å². The van der Waals surface area contributed by atoms with E-state index < -0.39 is 0 Å². The van der Waals surface area contributed by atoms with Crippen LogP contribution in [0.5, 0.6) is 0 Å². The molecule has 2 aromatic heterocycles. The van der Waals surface area contributed by atoms with Gasteiger partial charge in [0, 0.05) is 13.0 Å².